The fourth-order valence-corrected chi connectivity index (χ4v) is 2.76. The molecular formula is C25H25N3O5. The Morgan fingerprint density at radius 1 is 0.939 bits per heavy atom. The number of hydrogen-bond donors (Lipinski definition) is 1. The van der Waals surface area contributed by atoms with Crippen LogP contribution in [0.5, 0.6) is 17.2 Å². The highest BCUT2D eigenvalue weighted by atomic mass is 16.6. The number of benzene rings is 2. The molecule has 170 valence electrons. The van der Waals surface area contributed by atoms with Crippen molar-refractivity contribution in [2.75, 3.05) is 13.2 Å². The SMILES string of the molecule is CCCOc1ccc(C(=O)Oc2ccc(/C=N\NC(=O)c3ccncc3)cc2OCC)cc1. The molecule has 3 aromatic rings. The topological polar surface area (TPSA) is 99.1 Å². The summed E-state index contributed by atoms with van der Waals surface area (Å²) in [5.41, 5.74) is 3.95. The first kappa shape index (κ1) is 23.5. The van der Waals surface area contributed by atoms with Crippen molar-refractivity contribution in [3.8, 4) is 17.2 Å². The summed E-state index contributed by atoms with van der Waals surface area (Å²) in [6, 6.07) is 14.9. The second-order valence-electron chi connectivity index (χ2n) is 6.84. The third kappa shape index (κ3) is 6.90. The zero-order valence-corrected chi connectivity index (χ0v) is 18.5. The number of amides is 1. The van der Waals surface area contributed by atoms with Gasteiger partial charge in [-0.05, 0) is 73.5 Å². The number of rotatable bonds is 10. The van der Waals surface area contributed by atoms with Gasteiger partial charge in [-0.2, -0.15) is 5.10 Å². The Bertz CT molecular complexity index is 1100. The van der Waals surface area contributed by atoms with Crippen molar-refractivity contribution in [2.24, 2.45) is 5.10 Å². The summed E-state index contributed by atoms with van der Waals surface area (Å²) in [5, 5.41) is 3.97. The third-order valence-corrected chi connectivity index (χ3v) is 4.36. The molecule has 1 amide bonds. The summed E-state index contributed by atoms with van der Waals surface area (Å²) >= 11 is 0. The van der Waals surface area contributed by atoms with Gasteiger partial charge in [-0.3, -0.25) is 9.78 Å². The summed E-state index contributed by atoms with van der Waals surface area (Å²) < 4.78 is 16.7. The molecule has 33 heavy (non-hydrogen) atoms. The van der Waals surface area contributed by atoms with Crippen molar-refractivity contribution in [3.05, 3.63) is 83.7 Å². The number of esters is 1. The fraction of sp³-hybridized carbons (Fsp3) is 0.200. The predicted molar refractivity (Wildman–Crippen MR) is 124 cm³/mol. The van der Waals surface area contributed by atoms with E-state index in [2.05, 4.69) is 15.5 Å². The molecule has 0 saturated heterocycles. The number of hydrazone groups is 1. The summed E-state index contributed by atoms with van der Waals surface area (Å²) in [7, 11) is 0. The Labute approximate surface area is 192 Å². The molecule has 0 aliphatic carbocycles. The van der Waals surface area contributed by atoms with Gasteiger partial charge in [-0.25, -0.2) is 10.2 Å². The van der Waals surface area contributed by atoms with Gasteiger partial charge in [0.2, 0.25) is 0 Å². The van der Waals surface area contributed by atoms with Gasteiger partial charge in [0.1, 0.15) is 5.75 Å². The number of nitrogens with zero attached hydrogens (tertiary/aromatic N) is 2. The number of ether oxygens (including phenoxy) is 3. The third-order valence-electron chi connectivity index (χ3n) is 4.36. The molecule has 0 aliphatic rings. The van der Waals surface area contributed by atoms with E-state index >= 15 is 0 Å². The quantitative estimate of drug-likeness (QED) is 0.216. The maximum Gasteiger partial charge on any atom is 0.343 e. The number of aromatic nitrogens is 1. The Kier molecular flexibility index (Phi) is 8.53. The summed E-state index contributed by atoms with van der Waals surface area (Å²) in [6.07, 6.45) is 5.44. The standard InChI is InChI=1S/C25H25N3O5/c1-3-15-32-21-8-6-20(7-9-21)25(30)33-22-10-5-18(16-23(22)31-4-2)17-27-28-24(29)19-11-13-26-14-12-19/h5-14,16-17H,3-4,15H2,1-2H3,(H,28,29)/b27-17-. The second kappa shape index (κ2) is 12.0. The van der Waals surface area contributed by atoms with Gasteiger partial charge in [-0.1, -0.05) is 6.92 Å². The maximum absolute atomic E-state index is 12.6. The molecule has 0 aliphatic heterocycles. The second-order valence-corrected chi connectivity index (χ2v) is 6.84. The molecule has 8 heteroatoms. The molecule has 1 aromatic heterocycles. The van der Waals surface area contributed by atoms with E-state index in [9.17, 15) is 9.59 Å². The van der Waals surface area contributed by atoms with Crippen LogP contribution in [0.3, 0.4) is 0 Å². The van der Waals surface area contributed by atoms with Crippen LogP contribution in [-0.2, 0) is 0 Å². The van der Waals surface area contributed by atoms with Gasteiger partial charge >= 0.3 is 5.97 Å². The van der Waals surface area contributed by atoms with Crippen molar-refractivity contribution >= 4 is 18.1 Å². The Morgan fingerprint density at radius 3 is 2.39 bits per heavy atom. The number of pyridine rings is 1. The van der Waals surface area contributed by atoms with E-state index in [-0.39, 0.29) is 11.7 Å². The molecule has 0 spiro atoms. The lowest BCUT2D eigenvalue weighted by Crippen LogP contribution is -2.17. The van der Waals surface area contributed by atoms with E-state index < -0.39 is 5.97 Å². The van der Waals surface area contributed by atoms with E-state index in [0.29, 0.717) is 41.4 Å². The van der Waals surface area contributed by atoms with Crippen LogP contribution >= 0.6 is 0 Å². The molecule has 0 fully saturated rings. The molecule has 0 atom stereocenters. The first-order chi connectivity index (χ1) is 16.1. The van der Waals surface area contributed by atoms with Gasteiger partial charge in [0.25, 0.3) is 5.91 Å². The van der Waals surface area contributed by atoms with Crippen molar-refractivity contribution < 1.29 is 23.8 Å². The predicted octanol–water partition coefficient (Wildman–Crippen LogP) is 4.25. The van der Waals surface area contributed by atoms with E-state index in [1.54, 1.807) is 54.6 Å². The molecule has 1 heterocycles. The fourth-order valence-electron chi connectivity index (χ4n) is 2.76. The zero-order valence-electron chi connectivity index (χ0n) is 18.5. The minimum Gasteiger partial charge on any atom is -0.494 e. The first-order valence-corrected chi connectivity index (χ1v) is 10.6. The van der Waals surface area contributed by atoms with E-state index in [0.717, 1.165) is 6.42 Å². The van der Waals surface area contributed by atoms with Crippen LogP contribution in [0.1, 0.15) is 46.5 Å². The number of carbonyl (C=O) groups is 2. The molecule has 0 unspecified atom stereocenters. The Morgan fingerprint density at radius 2 is 1.70 bits per heavy atom. The van der Waals surface area contributed by atoms with Crippen LogP contribution in [-0.4, -0.2) is 36.3 Å². The smallest absolute Gasteiger partial charge is 0.343 e. The van der Waals surface area contributed by atoms with Crippen LogP contribution in [0, 0.1) is 0 Å². The summed E-state index contributed by atoms with van der Waals surface area (Å²) in [5.74, 6) is 0.506. The number of nitrogens with one attached hydrogen (secondary N) is 1. The molecule has 3 rings (SSSR count). The average Bonchev–Trinajstić information content (AvgIpc) is 2.85. The van der Waals surface area contributed by atoms with Crippen LogP contribution in [0.2, 0.25) is 0 Å². The molecule has 8 nitrogen and oxygen atoms in total. The Hall–Kier alpha value is -4.20. The zero-order chi connectivity index (χ0) is 23.5. The van der Waals surface area contributed by atoms with Gasteiger partial charge < -0.3 is 14.2 Å². The number of carbonyl (C=O) groups excluding carboxylic acids is 2. The highest BCUT2D eigenvalue weighted by molar-refractivity contribution is 5.95. The van der Waals surface area contributed by atoms with Crippen molar-refractivity contribution in [1.29, 1.82) is 0 Å². The molecular weight excluding hydrogens is 422 g/mol. The van der Waals surface area contributed by atoms with Gasteiger partial charge in [-0.15, -0.1) is 0 Å². The minimum atomic E-state index is -0.510. The first-order valence-electron chi connectivity index (χ1n) is 10.6. The highest BCUT2D eigenvalue weighted by Gasteiger charge is 2.13. The van der Waals surface area contributed by atoms with Gasteiger partial charge in [0.05, 0.1) is 25.0 Å². The monoisotopic (exact) mass is 447 g/mol. The van der Waals surface area contributed by atoms with E-state index in [4.69, 9.17) is 14.2 Å². The van der Waals surface area contributed by atoms with E-state index in [1.807, 2.05) is 13.8 Å². The highest BCUT2D eigenvalue weighted by Crippen LogP contribution is 2.29. The Balaban J connectivity index is 1.66. The molecule has 0 radical (unpaired) electrons. The number of hydrogen-bond acceptors (Lipinski definition) is 7. The van der Waals surface area contributed by atoms with Crippen LogP contribution < -0.4 is 19.6 Å². The average molecular weight is 447 g/mol. The van der Waals surface area contributed by atoms with Crippen LogP contribution in [0.25, 0.3) is 0 Å². The minimum absolute atomic E-state index is 0.283. The molecule has 0 bridgehead atoms. The summed E-state index contributed by atoms with van der Waals surface area (Å²) in [4.78, 5) is 28.5. The van der Waals surface area contributed by atoms with E-state index in [1.165, 1.54) is 18.6 Å². The van der Waals surface area contributed by atoms with Gasteiger partial charge in [0.15, 0.2) is 11.5 Å². The van der Waals surface area contributed by atoms with Crippen molar-refractivity contribution in [1.82, 2.24) is 10.4 Å². The maximum atomic E-state index is 12.6. The van der Waals surface area contributed by atoms with Crippen molar-refractivity contribution in [2.45, 2.75) is 20.3 Å². The lowest BCUT2D eigenvalue weighted by Gasteiger charge is -2.12. The normalized spacial score (nSPS) is 10.6. The lowest BCUT2D eigenvalue weighted by atomic mass is 10.2. The summed E-state index contributed by atoms with van der Waals surface area (Å²) in [6.45, 7) is 4.85. The van der Waals surface area contributed by atoms with Crippen LogP contribution in [0.15, 0.2) is 72.1 Å². The van der Waals surface area contributed by atoms with Crippen LogP contribution in [0.4, 0.5) is 0 Å². The molecule has 2 aromatic carbocycles. The molecule has 1 N–H and O–H groups in total. The lowest BCUT2D eigenvalue weighted by molar-refractivity contribution is 0.0728. The largest absolute Gasteiger partial charge is 0.494 e. The molecule has 0 saturated carbocycles. The van der Waals surface area contributed by atoms with Crippen molar-refractivity contribution in [3.63, 3.8) is 0 Å². The van der Waals surface area contributed by atoms with Gasteiger partial charge in [0, 0.05) is 18.0 Å².